The molecule has 29 heavy (non-hydrogen) atoms. The van der Waals surface area contributed by atoms with Gasteiger partial charge in [0.2, 0.25) is 0 Å². The molecule has 158 valence electrons. The molecule has 0 unspecified atom stereocenters. The summed E-state index contributed by atoms with van der Waals surface area (Å²) in [7, 11) is -1.15. The summed E-state index contributed by atoms with van der Waals surface area (Å²) in [4.78, 5) is 13.3. The number of nitrogens with one attached hydrogen (secondary N) is 1. The van der Waals surface area contributed by atoms with Gasteiger partial charge in [0.25, 0.3) is 0 Å². The van der Waals surface area contributed by atoms with Crippen molar-refractivity contribution in [2.24, 2.45) is 9.50 Å². The highest BCUT2D eigenvalue weighted by molar-refractivity contribution is 7.85. The minimum absolute atomic E-state index is 0.0315. The van der Waals surface area contributed by atoms with Crippen LogP contribution in [0.4, 0.5) is 14.9 Å². The molecule has 2 amide bonds. The molecule has 0 aromatic heterocycles. The van der Waals surface area contributed by atoms with Crippen LogP contribution in [0.2, 0.25) is 0 Å². The average molecular weight is 420 g/mol. The maximum absolute atomic E-state index is 14.0. The van der Waals surface area contributed by atoms with E-state index in [-0.39, 0.29) is 17.7 Å². The lowest BCUT2D eigenvalue weighted by Gasteiger charge is -2.20. The van der Waals surface area contributed by atoms with Gasteiger partial charge in [0.15, 0.2) is 0 Å². The second-order valence-electron chi connectivity index (χ2n) is 8.19. The van der Waals surface area contributed by atoms with Crippen molar-refractivity contribution in [1.82, 2.24) is 0 Å². The molecule has 0 bridgehead atoms. The monoisotopic (exact) mass is 419 g/mol. The lowest BCUT2D eigenvalue weighted by Crippen LogP contribution is -2.17. The molecular formula is C22H30FN3O2S. The van der Waals surface area contributed by atoms with Gasteiger partial charge in [0, 0.05) is 21.5 Å². The minimum atomic E-state index is -1.15. The fraction of sp³-hybridized carbons (Fsp3) is 0.409. The maximum atomic E-state index is 14.0. The smallest absolute Gasteiger partial charge is 0.352 e. The number of halogens is 1. The molecule has 0 fully saturated rings. The van der Waals surface area contributed by atoms with Crippen LogP contribution in [0.5, 0.6) is 0 Å². The van der Waals surface area contributed by atoms with Gasteiger partial charge >= 0.3 is 6.03 Å². The van der Waals surface area contributed by atoms with Crippen LogP contribution in [-0.2, 0) is 16.5 Å². The second-order valence-corrected chi connectivity index (χ2v) is 9.47. The standard InChI is InChI=1S/C22H30FN3O2S/c1-13(2)18-11-16(23)12-19(14(3)4)20(18)25-21(27)26-29(24)17-9-7-15(8-10-17)22(5,6)28/h7-14,28H,1-6H3,(H3,24,25,26,27)/t29-/m1/s1. The number of carbonyl (C=O) groups excluding carboxylic acids is 1. The van der Waals surface area contributed by atoms with E-state index in [9.17, 15) is 14.3 Å². The predicted octanol–water partition coefficient (Wildman–Crippen LogP) is 5.57. The van der Waals surface area contributed by atoms with Crippen LogP contribution in [0.1, 0.15) is 70.1 Å². The third kappa shape index (κ3) is 5.95. The van der Waals surface area contributed by atoms with Crippen LogP contribution >= 0.6 is 0 Å². The molecule has 1 atom stereocenters. The number of anilines is 1. The number of hydrogen-bond donors (Lipinski definition) is 3. The first-order valence-electron chi connectivity index (χ1n) is 9.58. The third-order valence-electron chi connectivity index (χ3n) is 4.62. The number of benzene rings is 2. The van der Waals surface area contributed by atoms with Crippen molar-refractivity contribution in [1.29, 1.82) is 0 Å². The SMILES string of the molecule is CC(C)c1cc(F)cc(C(C)C)c1NC(=O)N=[S@@](N)c1ccc(C(C)(C)O)cc1. The summed E-state index contributed by atoms with van der Waals surface area (Å²) >= 11 is 0. The van der Waals surface area contributed by atoms with Crippen molar-refractivity contribution in [3.05, 3.63) is 58.9 Å². The number of hydrogen-bond acceptors (Lipinski definition) is 2. The number of urea groups is 1. The Balaban J connectivity index is 2.32. The van der Waals surface area contributed by atoms with E-state index in [1.807, 2.05) is 27.7 Å². The zero-order valence-corrected chi connectivity index (χ0v) is 18.6. The Kier molecular flexibility index (Phi) is 7.32. The Morgan fingerprint density at radius 2 is 1.59 bits per heavy atom. The highest BCUT2D eigenvalue weighted by atomic mass is 32.2. The van der Waals surface area contributed by atoms with Gasteiger partial charge in [0.05, 0.1) is 5.60 Å². The Morgan fingerprint density at radius 1 is 1.10 bits per heavy atom. The average Bonchev–Trinajstić information content (AvgIpc) is 2.61. The van der Waals surface area contributed by atoms with Gasteiger partial charge in [-0.2, -0.15) is 4.36 Å². The van der Waals surface area contributed by atoms with Crippen molar-refractivity contribution in [2.45, 2.75) is 63.9 Å². The highest BCUT2D eigenvalue weighted by Crippen LogP contribution is 2.33. The summed E-state index contributed by atoms with van der Waals surface area (Å²) < 4.78 is 18.1. The van der Waals surface area contributed by atoms with Crippen LogP contribution in [0.15, 0.2) is 45.7 Å². The number of nitrogens with two attached hydrogens (primary N) is 1. The van der Waals surface area contributed by atoms with E-state index in [2.05, 4.69) is 9.68 Å². The Bertz CT molecular complexity index is 888. The molecule has 0 saturated heterocycles. The van der Waals surface area contributed by atoms with Crippen LogP contribution in [0, 0.1) is 5.82 Å². The topological polar surface area (TPSA) is 87.7 Å². The number of carbonyl (C=O) groups is 1. The maximum Gasteiger partial charge on any atom is 0.352 e. The summed E-state index contributed by atoms with van der Waals surface area (Å²) in [6.45, 7) is 11.2. The first-order valence-corrected chi connectivity index (χ1v) is 10.8. The fourth-order valence-electron chi connectivity index (χ4n) is 2.98. The summed E-state index contributed by atoms with van der Waals surface area (Å²) in [5, 5.41) is 19.0. The third-order valence-corrected chi connectivity index (χ3v) is 5.74. The number of aliphatic hydroxyl groups is 1. The van der Waals surface area contributed by atoms with Crippen LogP contribution < -0.4 is 10.5 Å². The van der Waals surface area contributed by atoms with Gasteiger partial charge in [0.1, 0.15) is 5.82 Å². The van der Waals surface area contributed by atoms with E-state index in [0.717, 1.165) is 16.7 Å². The molecule has 2 rings (SSSR count). The molecule has 2 aromatic rings. The molecule has 4 N–H and O–H groups in total. The van der Waals surface area contributed by atoms with Crippen LogP contribution in [0.3, 0.4) is 0 Å². The van der Waals surface area contributed by atoms with Gasteiger partial charge in [-0.05, 0) is 66.6 Å². The molecule has 5 nitrogen and oxygen atoms in total. The quantitative estimate of drug-likeness (QED) is 0.592. The number of amides is 2. The molecule has 0 saturated carbocycles. The first kappa shape index (κ1) is 23.2. The summed E-state index contributed by atoms with van der Waals surface area (Å²) in [5.74, 6) is -0.259. The van der Waals surface area contributed by atoms with Crippen LogP contribution in [0.25, 0.3) is 0 Å². The normalized spacial score (nSPS) is 13.2. The predicted molar refractivity (Wildman–Crippen MR) is 118 cm³/mol. The molecule has 0 spiro atoms. The number of rotatable bonds is 5. The Morgan fingerprint density at radius 3 is 2.00 bits per heavy atom. The number of nitrogens with zero attached hydrogens (tertiary/aromatic N) is 1. The molecule has 2 aromatic carbocycles. The van der Waals surface area contributed by atoms with Gasteiger partial charge in [-0.3, -0.25) is 5.14 Å². The summed E-state index contributed by atoms with van der Waals surface area (Å²) in [5.41, 5.74) is 1.84. The Hall–Kier alpha value is -2.09. The van der Waals surface area contributed by atoms with E-state index in [4.69, 9.17) is 5.14 Å². The zero-order chi connectivity index (χ0) is 21.9. The molecule has 0 aliphatic carbocycles. The molecule has 0 aliphatic rings. The van der Waals surface area contributed by atoms with Crippen molar-refractivity contribution in [3.63, 3.8) is 0 Å². The molecule has 0 aliphatic heterocycles. The van der Waals surface area contributed by atoms with Crippen molar-refractivity contribution >= 4 is 22.6 Å². The molecule has 0 radical (unpaired) electrons. The van der Waals surface area contributed by atoms with E-state index < -0.39 is 22.5 Å². The van der Waals surface area contributed by atoms with Gasteiger partial charge < -0.3 is 10.4 Å². The van der Waals surface area contributed by atoms with Crippen molar-refractivity contribution in [2.75, 3.05) is 5.32 Å². The first-order chi connectivity index (χ1) is 13.4. The van der Waals surface area contributed by atoms with Crippen LogP contribution in [-0.4, -0.2) is 11.1 Å². The highest BCUT2D eigenvalue weighted by Gasteiger charge is 2.19. The van der Waals surface area contributed by atoms with Gasteiger partial charge in [-0.1, -0.05) is 39.8 Å². The van der Waals surface area contributed by atoms with Gasteiger partial charge in [-0.25, -0.2) is 9.18 Å². The van der Waals surface area contributed by atoms with Crippen molar-refractivity contribution in [3.8, 4) is 0 Å². The summed E-state index contributed by atoms with van der Waals surface area (Å²) in [6.07, 6.45) is 0. The van der Waals surface area contributed by atoms with E-state index in [0.29, 0.717) is 10.6 Å². The van der Waals surface area contributed by atoms with E-state index >= 15 is 0 Å². The Labute approximate surface area is 174 Å². The molecular weight excluding hydrogens is 389 g/mol. The van der Waals surface area contributed by atoms with E-state index in [1.165, 1.54) is 12.1 Å². The largest absolute Gasteiger partial charge is 0.386 e. The van der Waals surface area contributed by atoms with Gasteiger partial charge in [-0.15, -0.1) is 0 Å². The lowest BCUT2D eigenvalue weighted by molar-refractivity contribution is 0.0785. The molecule has 7 heteroatoms. The fourth-order valence-corrected chi connectivity index (χ4v) is 3.72. The van der Waals surface area contributed by atoms with Crippen molar-refractivity contribution < 1.29 is 14.3 Å². The second kappa shape index (κ2) is 9.15. The lowest BCUT2D eigenvalue weighted by atomic mass is 9.92. The van der Waals surface area contributed by atoms with E-state index in [1.54, 1.807) is 38.1 Å². The zero-order valence-electron chi connectivity index (χ0n) is 17.8. The minimum Gasteiger partial charge on any atom is -0.386 e. The summed E-state index contributed by atoms with van der Waals surface area (Å²) in [6, 6.07) is 9.37. The molecule has 0 heterocycles.